The number of rotatable bonds is 9. The molecule has 0 radical (unpaired) electrons. The van der Waals surface area contributed by atoms with Gasteiger partial charge < -0.3 is 4.74 Å². The Morgan fingerprint density at radius 1 is 0.651 bits per heavy atom. The molecule has 6 aromatic carbocycles. The first-order valence-electron chi connectivity index (χ1n) is 27.6. The quantitative estimate of drug-likeness (QED) is 0.107. The normalized spacial score (nSPS) is 15.7. The largest absolute Gasteiger partial charge is 0.456 e. The van der Waals surface area contributed by atoms with Gasteiger partial charge in [0.25, 0.3) is 6.33 Å². The van der Waals surface area contributed by atoms with E-state index in [1.165, 1.54) is 12.3 Å². The van der Waals surface area contributed by atoms with Crippen LogP contribution in [0.25, 0.3) is 72.3 Å². The standard InChI is InChI=1S/C57H51N5O/c1-56(2,3)35-39-30-31-58-54(32-39)62-49-25-14-13-22-46(49)47-29-28-43(34-52(47)62)63-53-33-42(37-59-48(53)36-57(4,5)6)60-38-61(51-27-16-15-26-50(51)60)55-44(40-18-9-7-10-19-40)23-17-24-45(55)41-20-11-8-12-21-41/h7-34,37H,35-36H2,1-6H3/i7D,8D,9D,10D,11D,12D,18D,19D,20D,21D,35D2,36D2. The molecule has 4 heterocycles. The van der Waals surface area contributed by atoms with Crippen LogP contribution < -0.4 is 9.30 Å². The van der Waals surface area contributed by atoms with E-state index in [1.807, 2.05) is 61.7 Å². The third-order valence-electron chi connectivity index (χ3n) is 10.3. The van der Waals surface area contributed by atoms with Crippen molar-refractivity contribution in [3.63, 3.8) is 0 Å². The number of hydrogen-bond donors (Lipinski definition) is 0. The molecule has 10 aromatic rings. The number of fused-ring (bicyclic) bond motifs is 4. The molecule has 0 bridgehead atoms. The van der Waals surface area contributed by atoms with Crippen LogP contribution in [-0.4, -0.2) is 19.1 Å². The van der Waals surface area contributed by atoms with Gasteiger partial charge in [0.05, 0.1) is 52.8 Å². The molecule has 0 spiro atoms. The van der Waals surface area contributed by atoms with E-state index in [2.05, 4.69) is 6.33 Å². The van der Waals surface area contributed by atoms with Gasteiger partial charge >= 0.3 is 0 Å². The van der Waals surface area contributed by atoms with Crippen LogP contribution in [0.5, 0.6) is 11.5 Å². The van der Waals surface area contributed by atoms with E-state index in [1.54, 1.807) is 96.8 Å². The van der Waals surface area contributed by atoms with Gasteiger partial charge in [-0.1, -0.05) is 163 Å². The summed E-state index contributed by atoms with van der Waals surface area (Å²) in [6, 6.07) is 24.4. The summed E-state index contributed by atoms with van der Waals surface area (Å²) in [5.41, 5.74) is 1.34. The first-order valence-corrected chi connectivity index (χ1v) is 20.6. The summed E-state index contributed by atoms with van der Waals surface area (Å²) in [4.78, 5) is 9.55. The molecule has 0 saturated carbocycles. The lowest BCUT2D eigenvalue weighted by Crippen LogP contribution is -2.31. The molecule has 0 amide bonds. The third-order valence-corrected chi connectivity index (χ3v) is 10.3. The number of nitrogens with zero attached hydrogens (tertiary/aromatic N) is 5. The Morgan fingerprint density at radius 3 is 2.00 bits per heavy atom. The van der Waals surface area contributed by atoms with Crippen LogP contribution in [0.3, 0.4) is 0 Å². The fraction of sp³-hybridized carbons (Fsp3) is 0.175. The van der Waals surface area contributed by atoms with Crippen LogP contribution in [0.4, 0.5) is 0 Å². The molecule has 0 N–H and O–H groups in total. The zero-order valence-electron chi connectivity index (χ0n) is 49.6. The number of hydrogen-bond acceptors (Lipinski definition) is 3. The summed E-state index contributed by atoms with van der Waals surface area (Å²) >= 11 is 0. The van der Waals surface area contributed by atoms with Crippen molar-refractivity contribution in [2.24, 2.45) is 10.8 Å². The molecule has 6 heteroatoms. The molecule has 63 heavy (non-hydrogen) atoms. The molecule has 310 valence electrons. The fourth-order valence-electron chi connectivity index (χ4n) is 7.90. The number of aromatic nitrogens is 5. The van der Waals surface area contributed by atoms with Crippen molar-refractivity contribution in [2.45, 2.75) is 54.3 Å². The van der Waals surface area contributed by atoms with Crippen molar-refractivity contribution in [3.8, 4) is 50.9 Å². The average Bonchev–Trinajstić information content (AvgIpc) is 3.94. The highest BCUT2D eigenvalue weighted by molar-refractivity contribution is 6.09. The lowest BCUT2D eigenvalue weighted by Gasteiger charge is -2.20. The van der Waals surface area contributed by atoms with Gasteiger partial charge in [-0.25, -0.2) is 4.98 Å². The highest BCUT2D eigenvalue weighted by atomic mass is 16.5. The summed E-state index contributed by atoms with van der Waals surface area (Å²) < 4.78 is 137. The Kier molecular flexibility index (Phi) is 6.77. The van der Waals surface area contributed by atoms with Crippen molar-refractivity contribution in [1.82, 2.24) is 19.1 Å². The molecule has 0 unspecified atom stereocenters. The first kappa shape index (κ1) is 26.9. The van der Waals surface area contributed by atoms with E-state index in [9.17, 15) is 2.74 Å². The SMILES string of the molecule is [2H]c1c([2H])c([2H])c(-c2cccc(-c3c([2H])c([2H])c([2H])c([2H])c3[2H])c2-[n+]2[c-]n(-c3cnc(C([2H])([2H])C(C)(C)C)c(Oc4ccc5c6ccccc6n(-c6cc(C([2H])([2H])C(C)(C)C)ccn6)c5c4)c3)c3ccccc32)c([2H])c1[2H]. The third kappa shape index (κ3) is 7.89. The monoisotopic (exact) mass is 835 g/mol. The number of pyridine rings is 2. The van der Waals surface area contributed by atoms with Gasteiger partial charge in [0, 0.05) is 34.7 Å². The molecule has 10 rings (SSSR count). The summed E-state index contributed by atoms with van der Waals surface area (Å²) in [5.74, 6) is 0.860. The molecule has 6 nitrogen and oxygen atoms in total. The van der Waals surface area contributed by atoms with Gasteiger partial charge in [-0.2, -0.15) is 0 Å². The lowest BCUT2D eigenvalue weighted by atomic mass is 9.88. The second-order valence-corrected chi connectivity index (χ2v) is 17.3. The second kappa shape index (κ2) is 15.9. The Hall–Kier alpha value is -7.31. The van der Waals surface area contributed by atoms with E-state index in [0.717, 1.165) is 16.3 Å². The topological polar surface area (TPSA) is 48.8 Å². The van der Waals surface area contributed by atoms with Gasteiger partial charge in [0.1, 0.15) is 17.3 Å². The number of para-hydroxylation sites is 4. The minimum atomic E-state index is -2.08. The zero-order valence-corrected chi connectivity index (χ0v) is 35.6. The molecular weight excluding hydrogens is 771 g/mol. The van der Waals surface area contributed by atoms with Gasteiger partial charge in [-0.3, -0.25) is 18.7 Å². The van der Waals surface area contributed by atoms with E-state index >= 15 is 0 Å². The van der Waals surface area contributed by atoms with Crippen molar-refractivity contribution in [1.29, 1.82) is 0 Å². The molecule has 4 aromatic heterocycles. The van der Waals surface area contributed by atoms with Gasteiger partial charge in [-0.15, -0.1) is 0 Å². The molecule has 0 aliphatic rings. The van der Waals surface area contributed by atoms with Crippen molar-refractivity contribution >= 4 is 32.8 Å². The molecule has 0 aliphatic heterocycles. The van der Waals surface area contributed by atoms with Gasteiger partial charge in [0.15, 0.2) is 0 Å². The molecule has 0 aliphatic carbocycles. The van der Waals surface area contributed by atoms with E-state index in [4.69, 9.17) is 31.2 Å². The van der Waals surface area contributed by atoms with Crippen LogP contribution in [0.15, 0.2) is 176 Å². The predicted molar refractivity (Wildman–Crippen MR) is 257 cm³/mol. The Bertz CT molecular complexity index is 3930. The molecular formula is C57H51N5O. The number of imidazole rings is 1. The maximum atomic E-state index is 9.50. The lowest BCUT2D eigenvalue weighted by molar-refractivity contribution is -0.571. The summed E-state index contributed by atoms with van der Waals surface area (Å²) in [7, 11) is 0. The Balaban J connectivity index is 1.21. The van der Waals surface area contributed by atoms with Crippen LogP contribution in [0.2, 0.25) is 0 Å². The zero-order chi connectivity index (χ0) is 55.6. The van der Waals surface area contributed by atoms with Crippen molar-refractivity contribution in [3.05, 3.63) is 194 Å². The summed E-state index contributed by atoms with van der Waals surface area (Å²) in [6.45, 7) is 10.8. The highest BCUT2D eigenvalue weighted by Gasteiger charge is 2.23. The van der Waals surface area contributed by atoms with Crippen molar-refractivity contribution in [2.75, 3.05) is 0 Å². The smallest absolute Gasteiger partial charge is 0.269 e. The van der Waals surface area contributed by atoms with E-state index < -0.39 is 84.0 Å². The van der Waals surface area contributed by atoms with Crippen molar-refractivity contribution < 1.29 is 28.5 Å². The summed E-state index contributed by atoms with van der Waals surface area (Å²) in [5, 5.41) is 1.78. The van der Waals surface area contributed by atoms with Crippen LogP contribution in [0.1, 0.15) is 72.0 Å². The van der Waals surface area contributed by atoms with Crippen LogP contribution in [0, 0.1) is 17.2 Å². The predicted octanol–water partition coefficient (Wildman–Crippen LogP) is 13.9. The number of ether oxygens (including phenoxy) is 1. The minimum Gasteiger partial charge on any atom is -0.456 e. The minimum absolute atomic E-state index is 0.00693. The van der Waals surface area contributed by atoms with E-state index in [-0.39, 0.29) is 39.4 Å². The fourth-order valence-corrected chi connectivity index (χ4v) is 7.90. The maximum Gasteiger partial charge on any atom is 0.269 e. The van der Waals surface area contributed by atoms with Crippen LogP contribution in [-0.2, 0) is 12.7 Å². The maximum absolute atomic E-state index is 9.50. The summed E-state index contributed by atoms with van der Waals surface area (Å²) in [6.07, 6.45) is 2.66. The van der Waals surface area contributed by atoms with Gasteiger partial charge in [-0.05, 0) is 87.8 Å². The first-order chi connectivity index (χ1) is 36.2. The molecule has 0 atom stereocenters. The van der Waals surface area contributed by atoms with Gasteiger partial charge in [0.2, 0.25) is 0 Å². The Morgan fingerprint density at radius 2 is 1.30 bits per heavy atom. The van der Waals surface area contributed by atoms with Crippen LogP contribution >= 0.6 is 0 Å². The molecule has 0 saturated heterocycles. The second-order valence-electron chi connectivity index (χ2n) is 17.3. The average molecular weight is 836 g/mol. The number of benzene rings is 6. The highest BCUT2D eigenvalue weighted by Crippen LogP contribution is 2.38. The molecule has 0 fully saturated rings. The van der Waals surface area contributed by atoms with E-state index in [0.29, 0.717) is 39.4 Å². The Labute approximate surface area is 389 Å².